The number of ether oxygens (including phenoxy) is 1. The van der Waals surface area contributed by atoms with E-state index in [9.17, 15) is 4.79 Å². The van der Waals surface area contributed by atoms with Crippen LogP contribution in [0.2, 0.25) is 10.0 Å². The average molecular weight is 604 g/mol. The SMILES string of the molecule is CCCC1CC(OCc2c(-c3c(Cl)cccc3Cl)noc2C2CC2)CCN1c1ccc(/C(=N/OC=O)NC)c(F)c1. The molecule has 2 fully saturated rings. The van der Waals surface area contributed by atoms with Crippen molar-refractivity contribution < 1.29 is 23.3 Å². The molecular weight excluding hydrogens is 570 g/mol. The van der Waals surface area contributed by atoms with Gasteiger partial charge < -0.3 is 24.3 Å². The molecule has 3 aromatic rings. The van der Waals surface area contributed by atoms with Gasteiger partial charge in [0.25, 0.3) is 0 Å². The molecule has 1 aliphatic heterocycles. The van der Waals surface area contributed by atoms with Gasteiger partial charge in [0.15, 0.2) is 5.84 Å². The lowest BCUT2D eigenvalue weighted by molar-refractivity contribution is -0.128. The van der Waals surface area contributed by atoms with Gasteiger partial charge >= 0.3 is 6.47 Å². The number of nitrogens with zero attached hydrogens (tertiary/aromatic N) is 3. The molecular formula is C30H33Cl2FN4O4. The predicted octanol–water partition coefficient (Wildman–Crippen LogP) is 7.07. The summed E-state index contributed by atoms with van der Waals surface area (Å²) >= 11 is 13.0. The molecule has 0 amide bonds. The summed E-state index contributed by atoms with van der Waals surface area (Å²) < 4.78 is 27.4. The molecule has 0 spiro atoms. The lowest BCUT2D eigenvalue weighted by atomic mass is 9.94. The van der Waals surface area contributed by atoms with Crippen LogP contribution in [0.3, 0.4) is 0 Å². The predicted molar refractivity (Wildman–Crippen MR) is 157 cm³/mol. The number of carbonyl (C=O) groups excluding carboxylic acids is 1. The number of rotatable bonds is 11. The summed E-state index contributed by atoms with van der Waals surface area (Å²) in [5, 5.41) is 11.8. The lowest BCUT2D eigenvalue weighted by Crippen LogP contribution is -2.45. The van der Waals surface area contributed by atoms with Crippen molar-refractivity contribution in [2.45, 2.75) is 70.1 Å². The fourth-order valence-corrected chi connectivity index (χ4v) is 6.12. The number of halogens is 3. The van der Waals surface area contributed by atoms with Gasteiger partial charge in [0, 0.05) is 42.4 Å². The maximum atomic E-state index is 15.1. The van der Waals surface area contributed by atoms with E-state index in [1.54, 1.807) is 25.2 Å². The highest BCUT2D eigenvalue weighted by molar-refractivity contribution is 6.39. The van der Waals surface area contributed by atoms with Gasteiger partial charge in [0.2, 0.25) is 0 Å². The number of piperidine rings is 1. The second-order valence-electron chi connectivity index (χ2n) is 10.4. The summed E-state index contributed by atoms with van der Waals surface area (Å²) in [5.41, 5.74) is 3.23. The Labute approximate surface area is 248 Å². The van der Waals surface area contributed by atoms with E-state index in [4.69, 9.17) is 32.5 Å². The normalized spacial score (nSPS) is 19.3. The molecule has 0 radical (unpaired) electrons. The number of amidine groups is 1. The Hall–Kier alpha value is -3.14. The molecule has 5 rings (SSSR count). The molecule has 2 aliphatic rings. The van der Waals surface area contributed by atoms with Gasteiger partial charge in [-0.1, -0.05) is 52.9 Å². The van der Waals surface area contributed by atoms with Gasteiger partial charge in [-0.2, -0.15) is 0 Å². The average Bonchev–Trinajstić information content (AvgIpc) is 3.73. The van der Waals surface area contributed by atoms with Gasteiger partial charge in [0.05, 0.1) is 28.3 Å². The number of oxime groups is 1. The van der Waals surface area contributed by atoms with E-state index in [1.165, 1.54) is 6.07 Å². The van der Waals surface area contributed by atoms with E-state index in [1.807, 2.05) is 12.1 Å². The molecule has 2 unspecified atom stereocenters. The number of carbonyl (C=O) groups is 1. The minimum absolute atomic E-state index is 0.0203. The zero-order valence-corrected chi connectivity index (χ0v) is 24.6. The minimum Gasteiger partial charge on any atom is -0.373 e. The van der Waals surface area contributed by atoms with E-state index in [2.05, 4.69) is 32.3 Å². The summed E-state index contributed by atoms with van der Waals surface area (Å²) in [4.78, 5) is 17.2. The number of benzene rings is 2. The molecule has 2 aromatic carbocycles. The Morgan fingerprint density at radius 3 is 2.68 bits per heavy atom. The van der Waals surface area contributed by atoms with Crippen molar-refractivity contribution in [3.8, 4) is 11.3 Å². The molecule has 1 saturated heterocycles. The molecule has 1 saturated carbocycles. The number of hydrogen-bond acceptors (Lipinski definition) is 7. The van der Waals surface area contributed by atoms with Crippen LogP contribution in [-0.2, 0) is 21.0 Å². The zero-order chi connectivity index (χ0) is 28.9. The second-order valence-corrected chi connectivity index (χ2v) is 11.2. The Morgan fingerprint density at radius 2 is 2.02 bits per heavy atom. The van der Waals surface area contributed by atoms with Gasteiger partial charge in [0.1, 0.15) is 17.3 Å². The largest absolute Gasteiger partial charge is 0.373 e. The van der Waals surface area contributed by atoms with Crippen molar-refractivity contribution in [1.82, 2.24) is 10.5 Å². The number of anilines is 1. The van der Waals surface area contributed by atoms with Crippen LogP contribution >= 0.6 is 23.2 Å². The van der Waals surface area contributed by atoms with Crippen LogP contribution in [0.15, 0.2) is 46.1 Å². The van der Waals surface area contributed by atoms with Crippen LogP contribution in [0.1, 0.15) is 68.3 Å². The van der Waals surface area contributed by atoms with Crippen LogP contribution in [0.4, 0.5) is 10.1 Å². The standard InChI is InChI=1S/C30H33Cl2FN4O4/c1-3-5-19-14-21(12-13-37(19)20-10-11-22(26(33)15-20)30(34-2)36-40-17-38)39-16-23-28(35-41-29(23)18-8-9-18)27-24(31)6-4-7-25(27)32/h4,6-7,10-11,15,17-19,21H,3,5,8-9,12-14,16H2,1-2H3,(H,34,36). The van der Waals surface area contributed by atoms with Crippen LogP contribution < -0.4 is 10.2 Å². The van der Waals surface area contributed by atoms with Gasteiger partial charge in [-0.05, 0) is 62.4 Å². The van der Waals surface area contributed by atoms with Crippen molar-refractivity contribution in [2.75, 3.05) is 18.5 Å². The molecule has 2 heterocycles. The summed E-state index contributed by atoms with van der Waals surface area (Å²) in [6, 6.07) is 10.6. The highest BCUT2D eigenvalue weighted by atomic mass is 35.5. The lowest BCUT2D eigenvalue weighted by Gasteiger charge is -2.41. The van der Waals surface area contributed by atoms with Crippen LogP contribution in [-0.4, -0.2) is 43.2 Å². The number of nitrogens with one attached hydrogen (secondary N) is 1. The second kappa shape index (κ2) is 13.2. The Morgan fingerprint density at radius 1 is 1.24 bits per heavy atom. The maximum Gasteiger partial charge on any atom is 0.323 e. The molecule has 0 bridgehead atoms. The Balaban J connectivity index is 1.32. The summed E-state index contributed by atoms with van der Waals surface area (Å²) in [6.45, 7) is 3.41. The molecule has 8 nitrogen and oxygen atoms in total. The number of aromatic nitrogens is 1. The fraction of sp³-hybridized carbons (Fsp3) is 0.433. The summed E-state index contributed by atoms with van der Waals surface area (Å²) in [6.07, 6.45) is 5.67. The topological polar surface area (TPSA) is 89.2 Å². The third-order valence-electron chi connectivity index (χ3n) is 7.68. The highest BCUT2D eigenvalue weighted by Gasteiger charge is 2.35. The van der Waals surface area contributed by atoms with Gasteiger partial charge in [-0.25, -0.2) is 4.39 Å². The summed E-state index contributed by atoms with van der Waals surface area (Å²) in [5.74, 6) is 0.888. The third-order valence-corrected chi connectivity index (χ3v) is 8.31. The van der Waals surface area contributed by atoms with Gasteiger partial charge in [-0.15, -0.1) is 0 Å². The number of hydrogen-bond donors (Lipinski definition) is 1. The maximum absolute atomic E-state index is 15.1. The molecule has 2 atom stereocenters. The quantitative estimate of drug-likeness (QED) is 0.0825. The van der Waals surface area contributed by atoms with Crippen LogP contribution in [0.25, 0.3) is 11.3 Å². The van der Waals surface area contributed by atoms with E-state index >= 15 is 4.39 Å². The minimum atomic E-state index is -0.454. The fourth-order valence-electron chi connectivity index (χ4n) is 5.54. The Bertz CT molecular complexity index is 1390. The molecule has 1 aromatic heterocycles. The van der Waals surface area contributed by atoms with Crippen molar-refractivity contribution in [3.05, 3.63) is 69.1 Å². The van der Waals surface area contributed by atoms with E-state index in [-0.39, 0.29) is 30.0 Å². The van der Waals surface area contributed by atoms with E-state index in [0.717, 1.165) is 62.1 Å². The van der Waals surface area contributed by atoms with Crippen LogP contribution in [0.5, 0.6) is 0 Å². The van der Waals surface area contributed by atoms with Crippen molar-refractivity contribution in [3.63, 3.8) is 0 Å². The van der Waals surface area contributed by atoms with Crippen molar-refractivity contribution in [2.24, 2.45) is 5.16 Å². The van der Waals surface area contributed by atoms with Crippen molar-refractivity contribution in [1.29, 1.82) is 0 Å². The van der Waals surface area contributed by atoms with E-state index < -0.39 is 5.82 Å². The van der Waals surface area contributed by atoms with Gasteiger partial charge in [-0.3, -0.25) is 4.79 Å². The molecule has 218 valence electrons. The molecule has 41 heavy (non-hydrogen) atoms. The first kappa shape index (κ1) is 29.4. The Kier molecular flexibility index (Phi) is 9.47. The highest BCUT2D eigenvalue weighted by Crippen LogP contribution is 2.46. The smallest absolute Gasteiger partial charge is 0.323 e. The van der Waals surface area contributed by atoms with Crippen LogP contribution in [0, 0.1) is 5.82 Å². The summed E-state index contributed by atoms with van der Waals surface area (Å²) in [7, 11) is 1.58. The first-order valence-electron chi connectivity index (χ1n) is 13.9. The monoisotopic (exact) mass is 602 g/mol. The molecule has 1 N–H and O–H groups in total. The molecule has 1 aliphatic carbocycles. The zero-order valence-electron chi connectivity index (χ0n) is 23.0. The van der Waals surface area contributed by atoms with Crippen molar-refractivity contribution >= 4 is 41.2 Å². The molecule has 11 heteroatoms. The first-order chi connectivity index (χ1) is 19.9. The first-order valence-corrected chi connectivity index (χ1v) is 14.7. The third kappa shape index (κ3) is 6.52. The van der Waals surface area contributed by atoms with E-state index in [0.29, 0.717) is 33.8 Å².